The molecule has 0 fully saturated rings. The second-order valence-corrected chi connectivity index (χ2v) is 3.61. The second-order valence-electron chi connectivity index (χ2n) is 3.61. The Morgan fingerprint density at radius 3 is 2.88 bits per heavy atom. The second kappa shape index (κ2) is 4.26. The van der Waals surface area contributed by atoms with Crippen LogP contribution >= 0.6 is 0 Å². The minimum Gasteiger partial charge on any atom is -0.467 e. The molecule has 3 nitrogen and oxygen atoms in total. The van der Waals surface area contributed by atoms with Crippen molar-refractivity contribution in [3.8, 4) is 0 Å². The van der Waals surface area contributed by atoms with Crippen molar-refractivity contribution in [2.45, 2.75) is 13.0 Å². The van der Waals surface area contributed by atoms with E-state index in [1.54, 1.807) is 6.26 Å². The number of nitrogen functional groups attached to an aromatic ring is 1. The molecule has 0 aliphatic heterocycles. The van der Waals surface area contributed by atoms with Crippen LogP contribution in [0.3, 0.4) is 0 Å². The van der Waals surface area contributed by atoms with Crippen LogP contribution in [0.4, 0.5) is 15.8 Å². The van der Waals surface area contributed by atoms with Gasteiger partial charge in [-0.15, -0.1) is 0 Å². The lowest BCUT2D eigenvalue weighted by Crippen LogP contribution is -2.07. The molecule has 84 valence electrons. The molecule has 1 aromatic heterocycles. The summed E-state index contributed by atoms with van der Waals surface area (Å²) in [4.78, 5) is 0. The van der Waals surface area contributed by atoms with Crippen LogP contribution in [0.1, 0.15) is 18.7 Å². The highest BCUT2D eigenvalue weighted by Crippen LogP contribution is 2.25. The molecule has 1 heterocycles. The van der Waals surface area contributed by atoms with Gasteiger partial charge in [-0.2, -0.15) is 0 Å². The van der Waals surface area contributed by atoms with Crippen LogP contribution in [0.5, 0.6) is 0 Å². The summed E-state index contributed by atoms with van der Waals surface area (Å²) in [7, 11) is 0. The molecule has 0 saturated carbocycles. The monoisotopic (exact) mass is 220 g/mol. The van der Waals surface area contributed by atoms with Gasteiger partial charge in [0.05, 0.1) is 23.7 Å². The third kappa shape index (κ3) is 2.16. The summed E-state index contributed by atoms with van der Waals surface area (Å²) in [5.74, 6) is 0.465. The van der Waals surface area contributed by atoms with Crippen molar-refractivity contribution < 1.29 is 8.81 Å². The van der Waals surface area contributed by atoms with Gasteiger partial charge in [-0.05, 0) is 37.3 Å². The maximum atomic E-state index is 13.0. The predicted molar refractivity (Wildman–Crippen MR) is 61.6 cm³/mol. The zero-order chi connectivity index (χ0) is 11.5. The van der Waals surface area contributed by atoms with E-state index in [0.29, 0.717) is 11.4 Å². The van der Waals surface area contributed by atoms with Gasteiger partial charge < -0.3 is 15.5 Å². The molecule has 0 spiro atoms. The van der Waals surface area contributed by atoms with Crippen molar-refractivity contribution >= 4 is 11.4 Å². The first-order valence-corrected chi connectivity index (χ1v) is 5.02. The Hall–Kier alpha value is -1.97. The predicted octanol–water partition coefficient (Wildman–Crippen LogP) is 3.17. The van der Waals surface area contributed by atoms with Crippen molar-refractivity contribution in [1.82, 2.24) is 0 Å². The average molecular weight is 220 g/mol. The zero-order valence-corrected chi connectivity index (χ0v) is 8.91. The molecular weight excluding hydrogens is 207 g/mol. The van der Waals surface area contributed by atoms with Crippen molar-refractivity contribution in [3.63, 3.8) is 0 Å². The third-order valence-electron chi connectivity index (χ3n) is 2.36. The van der Waals surface area contributed by atoms with Crippen LogP contribution in [0.25, 0.3) is 0 Å². The van der Waals surface area contributed by atoms with Crippen LogP contribution in [0.15, 0.2) is 41.0 Å². The number of nitrogens with one attached hydrogen (secondary N) is 1. The summed E-state index contributed by atoms with van der Waals surface area (Å²) >= 11 is 0. The Morgan fingerprint density at radius 2 is 2.19 bits per heavy atom. The summed E-state index contributed by atoms with van der Waals surface area (Å²) in [6, 6.07) is 7.84. The Balaban J connectivity index is 2.17. The summed E-state index contributed by atoms with van der Waals surface area (Å²) in [5, 5.41) is 3.09. The lowest BCUT2D eigenvalue weighted by molar-refractivity contribution is 0.490. The highest BCUT2D eigenvalue weighted by atomic mass is 19.1. The van der Waals surface area contributed by atoms with Crippen molar-refractivity contribution in [2.24, 2.45) is 0 Å². The van der Waals surface area contributed by atoms with Crippen molar-refractivity contribution in [3.05, 3.63) is 48.2 Å². The van der Waals surface area contributed by atoms with E-state index in [-0.39, 0.29) is 11.9 Å². The van der Waals surface area contributed by atoms with E-state index in [4.69, 9.17) is 10.2 Å². The number of hydrogen-bond acceptors (Lipinski definition) is 3. The Bertz CT molecular complexity index is 468. The molecule has 0 radical (unpaired) electrons. The minimum atomic E-state index is -0.316. The first kappa shape index (κ1) is 10.5. The van der Waals surface area contributed by atoms with Crippen LogP contribution < -0.4 is 11.1 Å². The molecule has 0 aliphatic rings. The van der Waals surface area contributed by atoms with Gasteiger partial charge in [0.15, 0.2) is 0 Å². The number of furan rings is 1. The topological polar surface area (TPSA) is 51.2 Å². The fourth-order valence-electron chi connectivity index (χ4n) is 1.50. The van der Waals surface area contributed by atoms with Crippen LogP contribution in [0.2, 0.25) is 0 Å². The summed E-state index contributed by atoms with van der Waals surface area (Å²) in [6.45, 7) is 1.92. The minimum absolute atomic E-state index is 0.0564. The average Bonchev–Trinajstić information content (AvgIpc) is 2.76. The van der Waals surface area contributed by atoms with E-state index >= 15 is 0 Å². The van der Waals surface area contributed by atoms with Gasteiger partial charge in [0.2, 0.25) is 0 Å². The quantitative estimate of drug-likeness (QED) is 0.781. The molecule has 0 aliphatic carbocycles. The van der Waals surface area contributed by atoms with Gasteiger partial charge in [0.1, 0.15) is 11.6 Å². The van der Waals surface area contributed by atoms with E-state index < -0.39 is 0 Å². The Morgan fingerprint density at radius 1 is 1.38 bits per heavy atom. The molecule has 2 rings (SSSR count). The highest BCUT2D eigenvalue weighted by molar-refractivity contribution is 5.66. The van der Waals surface area contributed by atoms with E-state index in [1.807, 2.05) is 19.1 Å². The smallest absolute Gasteiger partial charge is 0.125 e. The lowest BCUT2D eigenvalue weighted by Gasteiger charge is -2.14. The lowest BCUT2D eigenvalue weighted by atomic mass is 10.2. The van der Waals surface area contributed by atoms with Crippen LogP contribution in [-0.4, -0.2) is 0 Å². The molecule has 0 bridgehead atoms. The van der Waals surface area contributed by atoms with Crippen LogP contribution in [-0.2, 0) is 0 Å². The number of benzene rings is 1. The molecule has 2 aromatic rings. The molecule has 16 heavy (non-hydrogen) atoms. The van der Waals surface area contributed by atoms with E-state index in [0.717, 1.165) is 5.76 Å². The van der Waals surface area contributed by atoms with Gasteiger partial charge in [-0.3, -0.25) is 0 Å². The summed E-state index contributed by atoms with van der Waals surface area (Å²) < 4.78 is 18.3. The molecule has 3 N–H and O–H groups in total. The number of halogens is 1. The number of nitrogens with two attached hydrogens (primary N) is 1. The maximum Gasteiger partial charge on any atom is 0.125 e. The largest absolute Gasteiger partial charge is 0.467 e. The fraction of sp³-hybridized carbons (Fsp3) is 0.167. The van der Waals surface area contributed by atoms with E-state index in [1.165, 1.54) is 18.2 Å². The van der Waals surface area contributed by atoms with E-state index in [2.05, 4.69) is 5.32 Å². The molecule has 1 atom stereocenters. The first-order chi connectivity index (χ1) is 7.66. The third-order valence-corrected chi connectivity index (χ3v) is 2.36. The van der Waals surface area contributed by atoms with Crippen LogP contribution in [0, 0.1) is 5.82 Å². The standard InChI is InChI=1S/C12H13FN2O/c1-8(12-3-2-6-16-12)15-11-7-9(13)4-5-10(11)14/h2-8,15H,14H2,1H3. The molecule has 1 aromatic carbocycles. The summed E-state index contributed by atoms with van der Waals surface area (Å²) in [6.07, 6.45) is 1.60. The molecule has 0 saturated heterocycles. The van der Waals surface area contributed by atoms with Gasteiger partial charge in [-0.25, -0.2) is 4.39 Å². The van der Waals surface area contributed by atoms with Gasteiger partial charge in [-0.1, -0.05) is 0 Å². The Kier molecular flexibility index (Phi) is 2.81. The SMILES string of the molecule is CC(Nc1cc(F)ccc1N)c1ccco1. The molecule has 4 heteroatoms. The van der Waals surface area contributed by atoms with Crippen molar-refractivity contribution in [2.75, 3.05) is 11.1 Å². The van der Waals surface area contributed by atoms with Gasteiger partial charge >= 0.3 is 0 Å². The number of rotatable bonds is 3. The zero-order valence-electron chi connectivity index (χ0n) is 8.91. The number of hydrogen-bond donors (Lipinski definition) is 2. The first-order valence-electron chi connectivity index (χ1n) is 5.02. The van der Waals surface area contributed by atoms with Gasteiger partial charge in [0.25, 0.3) is 0 Å². The van der Waals surface area contributed by atoms with Crippen molar-refractivity contribution in [1.29, 1.82) is 0 Å². The fourth-order valence-corrected chi connectivity index (χ4v) is 1.50. The summed E-state index contributed by atoms with van der Waals surface area (Å²) in [5.41, 5.74) is 6.82. The van der Waals surface area contributed by atoms with E-state index in [9.17, 15) is 4.39 Å². The molecular formula is C12H13FN2O. The normalized spacial score (nSPS) is 12.4. The Labute approximate surface area is 93.1 Å². The highest BCUT2D eigenvalue weighted by Gasteiger charge is 2.09. The maximum absolute atomic E-state index is 13.0. The molecule has 1 unspecified atom stereocenters. The van der Waals surface area contributed by atoms with Gasteiger partial charge in [0, 0.05) is 0 Å². The molecule has 0 amide bonds. The number of anilines is 2.